The smallest absolute Gasteiger partial charge is 0.261 e. The molecule has 3 rings (SSSR count). The van der Waals surface area contributed by atoms with Gasteiger partial charge in [0.25, 0.3) is 11.8 Å². The van der Waals surface area contributed by atoms with Crippen LogP contribution < -0.4 is 5.32 Å². The Labute approximate surface area is 164 Å². The van der Waals surface area contributed by atoms with Gasteiger partial charge in [-0.25, -0.2) is 0 Å². The van der Waals surface area contributed by atoms with Crippen molar-refractivity contribution in [3.8, 4) is 0 Å². The van der Waals surface area contributed by atoms with E-state index in [1.807, 2.05) is 0 Å². The number of carbonyl (C=O) groups is 3. The Morgan fingerprint density at radius 3 is 2.04 bits per heavy atom. The fraction of sp³-hybridized carbons (Fsp3) is 0.167. The number of fused-ring (bicyclic) bond motifs is 1. The van der Waals surface area contributed by atoms with E-state index in [0.717, 1.165) is 4.90 Å². The van der Waals surface area contributed by atoms with Gasteiger partial charge in [-0.05, 0) is 30.7 Å². The van der Waals surface area contributed by atoms with Crippen LogP contribution in [-0.2, 0) is 4.79 Å². The van der Waals surface area contributed by atoms with Crippen LogP contribution in [0.15, 0.2) is 36.4 Å². The van der Waals surface area contributed by atoms with Crippen molar-refractivity contribution in [2.75, 3.05) is 11.9 Å². The molecule has 1 heterocycles. The number of nitrogens with one attached hydrogen (secondary N) is 1. The Kier molecular flexibility index (Phi) is 5.51. The Morgan fingerprint density at radius 2 is 1.50 bits per heavy atom. The predicted octanol–water partition coefficient (Wildman–Crippen LogP) is 4.66. The Morgan fingerprint density at radius 1 is 0.962 bits per heavy atom. The zero-order valence-electron chi connectivity index (χ0n) is 13.4. The number of amides is 3. The first-order chi connectivity index (χ1) is 12.4. The number of halogens is 3. The molecule has 0 saturated carbocycles. The summed E-state index contributed by atoms with van der Waals surface area (Å²) >= 11 is 17.9. The summed E-state index contributed by atoms with van der Waals surface area (Å²) in [5, 5.41) is 3.45. The van der Waals surface area contributed by atoms with Crippen molar-refractivity contribution in [1.29, 1.82) is 0 Å². The van der Waals surface area contributed by atoms with Crippen molar-refractivity contribution in [1.82, 2.24) is 4.90 Å². The number of nitrogens with zero attached hydrogens (tertiary/aromatic N) is 1. The highest BCUT2D eigenvalue weighted by Crippen LogP contribution is 2.33. The second-order valence-corrected chi connectivity index (χ2v) is 6.95. The molecule has 26 heavy (non-hydrogen) atoms. The highest BCUT2D eigenvalue weighted by Gasteiger charge is 2.34. The monoisotopic (exact) mass is 410 g/mol. The number of hydrogen-bond donors (Lipinski definition) is 1. The predicted molar refractivity (Wildman–Crippen MR) is 101 cm³/mol. The lowest BCUT2D eigenvalue weighted by atomic mass is 10.1. The lowest BCUT2D eigenvalue weighted by molar-refractivity contribution is -0.116. The number of hydrogen-bond acceptors (Lipinski definition) is 3. The second kappa shape index (κ2) is 7.66. The molecular formula is C18H13Cl3N2O3. The van der Waals surface area contributed by atoms with Gasteiger partial charge in [-0.15, -0.1) is 0 Å². The normalized spacial score (nSPS) is 13.1. The Hall–Kier alpha value is -2.08. The maximum atomic E-state index is 12.3. The molecule has 0 bridgehead atoms. The van der Waals surface area contributed by atoms with E-state index >= 15 is 0 Å². The molecule has 1 N–H and O–H groups in total. The largest absolute Gasteiger partial charge is 0.324 e. The molecule has 5 nitrogen and oxygen atoms in total. The maximum Gasteiger partial charge on any atom is 0.261 e. The number of benzene rings is 2. The van der Waals surface area contributed by atoms with E-state index in [-0.39, 0.29) is 46.4 Å². The summed E-state index contributed by atoms with van der Waals surface area (Å²) in [5.41, 5.74) is 1.06. The summed E-state index contributed by atoms with van der Waals surface area (Å²) in [4.78, 5) is 37.8. The molecule has 0 aromatic heterocycles. The standard InChI is InChI=1S/C18H13Cl3N2O3/c19-10-8-13(20)16(14(21)9-10)22-15(24)6-3-7-23-17(25)11-4-1-2-5-12(11)18(23)26/h1-2,4-5,8-9H,3,6-7H2,(H,22,24). The number of carbonyl (C=O) groups excluding carboxylic acids is 3. The molecule has 0 spiro atoms. The molecule has 0 fully saturated rings. The van der Waals surface area contributed by atoms with Crippen molar-refractivity contribution in [2.45, 2.75) is 12.8 Å². The summed E-state index contributed by atoms with van der Waals surface area (Å²) < 4.78 is 0. The van der Waals surface area contributed by atoms with Crippen LogP contribution in [-0.4, -0.2) is 29.2 Å². The van der Waals surface area contributed by atoms with Gasteiger partial charge in [0.05, 0.1) is 26.9 Å². The minimum Gasteiger partial charge on any atom is -0.324 e. The fourth-order valence-corrected chi connectivity index (χ4v) is 3.61. The fourth-order valence-electron chi connectivity index (χ4n) is 2.70. The van der Waals surface area contributed by atoms with Crippen LogP contribution in [0.4, 0.5) is 5.69 Å². The van der Waals surface area contributed by atoms with Crippen molar-refractivity contribution >= 4 is 58.2 Å². The topological polar surface area (TPSA) is 66.5 Å². The van der Waals surface area contributed by atoms with Gasteiger partial charge in [0.2, 0.25) is 5.91 Å². The Bertz CT molecular complexity index is 856. The molecule has 0 saturated heterocycles. The van der Waals surface area contributed by atoms with Gasteiger partial charge in [0, 0.05) is 18.0 Å². The summed E-state index contributed by atoms with van der Waals surface area (Å²) in [5.74, 6) is -1.00. The highest BCUT2D eigenvalue weighted by atomic mass is 35.5. The van der Waals surface area contributed by atoms with Crippen LogP contribution in [0.2, 0.25) is 15.1 Å². The molecule has 0 atom stereocenters. The van der Waals surface area contributed by atoms with Gasteiger partial charge in [-0.1, -0.05) is 46.9 Å². The number of rotatable bonds is 5. The van der Waals surface area contributed by atoms with Crippen LogP contribution in [0.3, 0.4) is 0 Å². The SMILES string of the molecule is O=C(CCCN1C(=O)c2ccccc2C1=O)Nc1c(Cl)cc(Cl)cc1Cl. The van der Waals surface area contributed by atoms with Crippen LogP contribution in [0.25, 0.3) is 0 Å². The highest BCUT2D eigenvalue weighted by molar-refractivity contribution is 6.42. The first kappa shape index (κ1) is 18.7. The van der Waals surface area contributed by atoms with E-state index in [9.17, 15) is 14.4 Å². The maximum absolute atomic E-state index is 12.3. The van der Waals surface area contributed by atoms with Gasteiger partial charge in [0.15, 0.2) is 0 Å². The molecule has 1 aliphatic rings. The van der Waals surface area contributed by atoms with E-state index in [4.69, 9.17) is 34.8 Å². The van der Waals surface area contributed by atoms with Crippen LogP contribution in [0.1, 0.15) is 33.6 Å². The second-order valence-electron chi connectivity index (χ2n) is 5.70. The van der Waals surface area contributed by atoms with Crippen molar-refractivity contribution < 1.29 is 14.4 Å². The zero-order valence-corrected chi connectivity index (χ0v) is 15.7. The molecule has 8 heteroatoms. The molecule has 1 aliphatic heterocycles. The number of imide groups is 1. The van der Waals surface area contributed by atoms with Crippen molar-refractivity contribution in [3.63, 3.8) is 0 Å². The quantitative estimate of drug-likeness (QED) is 0.728. The first-order valence-corrected chi connectivity index (χ1v) is 8.91. The summed E-state index contributed by atoms with van der Waals surface area (Å²) in [6, 6.07) is 9.60. The van der Waals surface area contributed by atoms with E-state index in [1.54, 1.807) is 24.3 Å². The van der Waals surface area contributed by atoms with Crippen LogP contribution >= 0.6 is 34.8 Å². The molecular weight excluding hydrogens is 399 g/mol. The molecule has 3 amide bonds. The van der Waals surface area contributed by atoms with Crippen LogP contribution in [0, 0.1) is 0 Å². The average molecular weight is 412 g/mol. The van der Waals surface area contributed by atoms with Gasteiger partial charge in [-0.2, -0.15) is 0 Å². The van der Waals surface area contributed by atoms with Crippen molar-refractivity contribution in [2.24, 2.45) is 0 Å². The lowest BCUT2D eigenvalue weighted by Gasteiger charge is -2.14. The van der Waals surface area contributed by atoms with Crippen molar-refractivity contribution in [3.05, 3.63) is 62.6 Å². The minimum absolute atomic E-state index is 0.0999. The van der Waals surface area contributed by atoms with Gasteiger partial charge in [-0.3, -0.25) is 19.3 Å². The third-order valence-electron chi connectivity index (χ3n) is 3.94. The van der Waals surface area contributed by atoms with Gasteiger partial charge >= 0.3 is 0 Å². The van der Waals surface area contributed by atoms with Gasteiger partial charge < -0.3 is 5.32 Å². The summed E-state index contributed by atoms with van der Waals surface area (Å²) in [6.07, 6.45) is 0.419. The molecule has 0 radical (unpaired) electrons. The minimum atomic E-state index is -0.338. The first-order valence-electron chi connectivity index (χ1n) is 7.78. The molecule has 2 aromatic rings. The Balaban J connectivity index is 1.57. The molecule has 134 valence electrons. The number of anilines is 1. The van der Waals surface area contributed by atoms with E-state index in [0.29, 0.717) is 22.6 Å². The lowest BCUT2D eigenvalue weighted by Crippen LogP contribution is -2.31. The summed E-state index contributed by atoms with van der Waals surface area (Å²) in [7, 11) is 0. The van der Waals surface area contributed by atoms with E-state index < -0.39 is 0 Å². The molecule has 2 aromatic carbocycles. The third kappa shape index (κ3) is 3.70. The van der Waals surface area contributed by atoms with Crippen LogP contribution in [0.5, 0.6) is 0 Å². The average Bonchev–Trinajstić information content (AvgIpc) is 2.83. The van der Waals surface area contributed by atoms with E-state index in [1.165, 1.54) is 12.1 Å². The third-order valence-corrected chi connectivity index (χ3v) is 4.75. The zero-order chi connectivity index (χ0) is 18.8. The van der Waals surface area contributed by atoms with Gasteiger partial charge in [0.1, 0.15) is 0 Å². The summed E-state index contributed by atoms with van der Waals surface area (Å²) in [6.45, 7) is 0.155. The molecule has 0 unspecified atom stereocenters. The van der Waals surface area contributed by atoms with E-state index in [2.05, 4.69) is 5.32 Å². The molecule has 0 aliphatic carbocycles.